The van der Waals surface area contributed by atoms with Crippen molar-refractivity contribution in [1.29, 1.82) is 0 Å². The molecule has 1 aromatic heterocycles. The molecule has 1 aromatic rings. The minimum atomic E-state index is 0. The molecule has 1 fully saturated rings. The number of halogens is 1. The molecule has 5 heteroatoms. The molecule has 0 N–H and O–H groups in total. The molecule has 0 atom stereocenters. The highest BCUT2D eigenvalue weighted by Crippen LogP contribution is 2.16. The third-order valence-electron chi connectivity index (χ3n) is 3.04. The van der Waals surface area contributed by atoms with Gasteiger partial charge in [-0.3, -0.25) is 0 Å². The summed E-state index contributed by atoms with van der Waals surface area (Å²) >= 11 is 0. The number of imidazole rings is 1. The van der Waals surface area contributed by atoms with Crippen LogP contribution in [0.2, 0.25) is 0 Å². The van der Waals surface area contributed by atoms with Gasteiger partial charge in [0.15, 0.2) is 0 Å². The molecule has 0 spiro atoms. The number of aromatic nitrogens is 2. The summed E-state index contributed by atoms with van der Waals surface area (Å²) in [5.41, 5.74) is 0. The van der Waals surface area contributed by atoms with Crippen molar-refractivity contribution in [3.63, 3.8) is 0 Å². The Morgan fingerprint density at radius 1 is 1.38 bits per heavy atom. The van der Waals surface area contributed by atoms with E-state index in [9.17, 15) is 4.79 Å². The van der Waals surface area contributed by atoms with Crippen molar-refractivity contribution in [2.75, 3.05) is 13.1 Å². The molecule has 0 bridgehead atoms. The van der Waals surface area contributed by atoms with E-state index in [2.05, 4.69) is 6.92 Å². The summed E-state index contributed by atoms with van der Waals surface area (Å²) in [5.74, 6) is 0.759. The summed E-state index contributed by atoms with van der Waals surface area (Å²) in [7, 11) is 1.92. The van der Waals surface area contributed by atoms with Crippen LogP contribution in [0.1, 0.15) is 19.8 Å². The van der Waals surface area contributed by atoms with Crippen LogP contribution in [0.3, 0.4) is 0 Å². The molecule has 0 saturated carbocycles. The standard InChI is InChI=1S/C11H18N3O.HI/c1-10-3-5-13(6-4-10)11(15)14-8-7-12(2)9-14;/h7-10H,3-6H2,1-2H3;1H/q+1;/p-1. The molecule has 1 saturated heterocycles. The van der Waals surface area contributed by atoms with Crippen LogP contribution in [0.25, 0.3) is 0 Å². The summed E-state index contributed by atoms with van der Waals surface area (Å²) in [5, 5.41) is 0. The molecule has 0 aliphatic carbocycles. The zero-order valence-corrected chi connectivity index (χ0v) is 11.9. The highest BCUT2D eigenvalue weighted by atomic mass is 127. The van der Waals surface area contributed by atoms with Gasteiger partial charge in [-0.2, -0.15) is 4.57 Å². The van der Waals surface area contributed by atoms with E-state index in [0.29, 0.717) is 0 Å². The van der Waals surface area contributed by atoms with E-state index in [4.69, 9.17) is 0 Å². The van der Waals surface area contributed by atoms with Crippen LogP contribution < -0.4 is 28.5 Å². The molecule has 0 radical (unpaired) electrons. The van der Waals surface area contributed by atoms with Gasteiger partial charge in [0.2, 0.25) is 0 Å². The fraction of sp³-hybridized carbons (Fsp3) is 0.636. The van der Waals surface area contributed by atoms with E-state index in [1.165, 1.54) is 0 Å². The average Bonchev–Trinajstić information content (AvgIpc) is 2.65. The molecule has 2 heterocycles. The van der Waals surface area contributed by atoms with Gasteiger partial charge in [-0.05, 0) is 18.8 Å². The summed E-state index contributed by atoms with van der Waals surface area (Å²) in [6.07, 6.45) is 7.74. The Balaban J connectivity index is 0.00000128. The quantitative estimate of drug-likeness (QED) is 0.399. The predicted molar refractivity (Wildman–Crippen MR) is 56.4 cm³/mol. The van der Waals surface area contributed by atoms with Gasteiger partial charge in [0.25, 0.3) is 6.33 Å². The third kappa shape index (κ3) is 2.96. The van der Waals surface area contributed by atoms with Crippen molar-refractivity contribution in [2.45, 2.75) is 19.8 Å². The van der Waals surface area contributed by atoms with Crippen molar-refractivity contribution < 1.29 is 33.3 Å². The molecule has 90 valence electrons. The van der Waals surface area contributed by atoms with Gasteiger partial charge in [0.05, 0.1) is 7.05 Å². The van der Waals surface area contributed by atoms with Gasteiger partial charge >= 0.3 is 6.03 Å². The van der Waals surface area contributed by atoms with E-state index in [1.807, 2.05) is 22.7 Å². The van der Waals surface area contributed by atoms with E-state index in [-0.39, 0.29) is 30.0 Å². The Kier molecular flexibility index (Phi) is 4.76. The summed E-state index contributed by atoms with van der Waals surface area (Å²) in [4.78, 5) is 13.9. The van der Waals surface area contributed by atoms with E-state index >= 15 is 0 Å². The molecule has 1 aliphatic heterocycles. The number of rotatable bonds is 0. The Morgan fingerprint density at radius 3 is 2.50 bits per heavy atom. The molecule has 2 rings (SSSR count). The molecular weight excluding hydrogens is 317 g/mol. The predicted octanol–water partition coefficient (Wildman–Crippen LogP) is -1.98. The molecule has 1 amide bonds. The molecule has 0 aromatic carbocycles. The maximum Gasteiger partial charge on any atom is 0.415 e. The van der Waals surface area contributed by atoms with Gasteiger partial charge in [-0.15, -0.1) is 0 Å². The molecule has 16 heavy (non-hydrogen) atoms. The van der Waals surface area contributed by atoms with Crippen LogP contribution in [0.15, 0.2) is 18.7 Å². The van der Waals surface area contributed by atoms with E-state index in [1.54, 1.807) is 17.1 Å². The minimum absolute atomic E-state index is 0. The Hall–Kier alpha value is -0.590. The SMILES string of the molecule is CC1CCN(C(=O)n2cc[n+](C)c2)CC1.[I-]. The lowest BCUT2D eigenvalue weighted by Crippen LogP contribution is -3.00. The summed E-state index contributed by atoms with van der Waals surface area (Å²) in [6, 6.07) is 0.0995. The summed E-state index contributed by atoms with van der Waals surface area (Å²) < 4.78 is 3.53. The van der Waals surface area contributed by atoms with Gasteiger partial charge in [0, 0.05) is 13.1 Å². The van der Waals surface area contributed by atoms with Crippen LogP contribution in [-0.4, -0.2) is 28.6 Å². The Bertz CT molecular complexity index is 356. The van der Waals surface area contributed by atoms with Crippen LogP contribution >= 0.6 is 0 Å². The first kappa shape index (κ1) is 13.5. The fourth-order valence-electron chi connectivity index (χ4n) is 1.93. The first-order valence-electron chi connectivity index (χ1n) is 5.49. The maximum absolute atomic E-state index is 12.0. The van der Waals surface area contributed by atoms with Crippen molar-refractivity contribution in [2.24, 2.45) is 13.0 Å². The molecule has 1 aliphatic rings. The van der Waals surface area contributed by atoms with Crippen LogP contribution in [0.5, 0.6) is 0 Å². The number of carbonyl (C=O) groups is 1. The summed E-state index contributed by atoms with van der Waals surface area (Å²) in [6.45, 7) is 4.03. The normalized spacial score (nSPS) is 17.0. The molecule has 0 unspecified atom stereocenters. The number of aryl methyl sites for hydroxylation is 1. The van der Waals surface area contributed by atoms with Crippen molar-refractivity contribution in [3.05, 3.63) is 18.7 Å². The van der Waals surface area contributed by atoms with Crippen molar-refractivity contribution in [3.8, 4) is 0 Å². The smallest absolute Gasteiger partial charge is 0.415 e. The number of nitrogens with zero attached hydrogens (tertiary/aromatic N) is 3. The minimum Gasteiger partial charge on any atom is -1.00 e. The van der Waals surface area contributed by atoms with Crippen LogP contribution in [0.4, 0.5) is 4.79 Å². The van der Waals surface area contributed by atoms with E-state index in [0.717, 1.165) is 31.8 Å². The average molecular weight is 335 g/mol. The number of hydrogen-bond donors (Lipinski definition) is 0. The largest absolute Gasteiger partial charge is 1.00 e. The van der Waals surface area contributed by atoms with Gasteiger partial charge in [-0.1, -0.05) is 6.92 Å². The number of hydrogen-bond acceptors (Lipinski definition) is 1. The Morgan fingerprint density at radius 2 is 2.00 bits per heavy atom. The number of likely N-dealkylation sites (tertiary alicyclic amines) is 1. The van der Waals surface area contributed by atoms with Gasteiger partial charge in [0.1, 0.15) is 12.4 Å². The van der Waals surface area contributed by atoms with Gasteiger partial charge in [-0.25, -0.2) is 9.36 Å². The van der Waals surface area contributed by atoms with Gasteiger partial charge < -0.3 is 28.9 Å². The topological polar surface area (TPSA) is 29.1 Å². The first-order valence-corrected chi connectivity index (χ1v) is 5.49. The second-order valence-corrected chi connectivity index (χ2v) is 4.44. The van der Waals surface area contributed by atoms with Crippen molar-refractivity contribution in [1.82, 2.24) is 9.47 Å². The Labute approximate surface area is 113 Å². The molecule has 4 nitrogen and oxygen atoms in total. The number of piperidine rings is 1. The number of amides is 1. The zero-order chi connectivity index (χ0) is 10.8. The lowest BCUT2D eigenvalue weighted by molar-refractivity contribution is -0.670. The second-order valence-electron chi connectivity index (χ2n) is 4.44. The van der Waals surface area contributed by atoms with Crippen LogP contribution in [-0.2, 0) is 7.05 Å². The lowest BCUT2D eigenvalue weighted by atomic mass is 10.00. The second kappa shape index (κ2) is 5.65. The first-order chi connectivity index (χ1) is 7.16. The monoisotopic (exact) mass is 335 g/mol. The third-order valence-corrected chi connectivity index (χ3v) is 3.04. The highest BCUT2D eigenvalue weighted by Gasteiger charge is 2.24. The number of carbonyl (C=O) groups excluding carboxylic acids is 1. The van der Waals surface area contributed by atoms with Crippen molar-refractivity contribution >= 4 is 6.03 Å². The lowest BCUT2D eigenvalue weighted by Gasteiger charge is -2.28. The molecular formula is C11H18IN3O. The fourth-order valence-corrected chi connectivity index (χ4v) is 1.93. The maximum atomic E-state index is 12.0. The zero-order valence-electron chi connectivity index (χ0n) is 9.77. The van der Waals surface area contributed by atoms with Crippen LogP contribution in [0, 0.1) is 5.92 Å². The highest BCUT2D eigenvalue weighted by molar-refractivity contribution is 5.76. The van der Waals surface area contributed by atoms with E-state index < -0.39 is 0 Å².